The van der Waals surface area contributed by atoms with Crippen LogP contribution in [0.15, 0.2) is 29.2 Å². The van der Waals surface area contributed by atoms with E-state index in [1.54, 1.807) is 12.1 Å². The molecule has 0 aromatic heterocycles. The van der Waals surface area contributed by atoms with E-state index >= 15 is 0 Å². The van der Waals surface area contributed by atoms with E-state index in [0.29, 0.717) is 11.4 Å². The summed E-state index contributed by atoms with van der Waals surface area (Å²) in [6, 6.07) is 7.11. The van der Waals surface area contributed by atoms with E-state index in [1.165, 1.54) is 5.56 Å². The molecule has 0 saturated carbocycles. The topological polar surface area (TPSA) is 46.2 Å². The summed E-state index contributed by atoms with van der Waals surface area (Å²) in [6.45, 7) is 4.54. The Morgan fingerprint density at radius 2 is 1.89 bits per heavy atom. The zero-order valence-corrected chi connectivity index (χ0v) is 13.2. The molecule has 0 heterocycles. The largest absolute Gasteiger partial charge is 0.240 e. The van der Waals surface area contributed by atoms with Crippen molar-refractivity contribution in [1.82, 2.24) is 4.72 Å². The first kappa shape index (κ1) is 15.7. The van der Waals surface area contributed by atoms with Crippen LogP contribution in [0, 0.1) is 5.92 Å². The van der Waals surface area contributed by atoms with Crippen LogP contribution in [0.2, 0.25) is 0 Å². The summed E-state index contributed by atoms with van der Waals surface area (Å²) in [4.78, 5) is 0.337. The maximum atomic E-state index is 12.0. The van der Waals surface area contributed by atoms with E-state index in [0.717, 1.165) is 18.2 Å². The molecule has 3 nitrogen and oxygen atoms in total. The molecule has 0 aliphatic rings. The van der Waals surface area contributed by atoms with Crippen LogP contribution in [0.1, 0.15) is 25.8 Å². The van der Waals surface area contributed by atoms with Gasteiger partial charge in [0.15, 0.2) is 0 Å². The molecule has 18 heavy (non-hydrogen) atoms. The fourth-order valence-corrected chi connectivity index (χ4v) is 2.91. The van der Waals surface area contributed by atoms with Gasteiger partial charge < -0.3 is 0 Å². The van der Waals surface area contributed by atoms with Gasteiger partial charge in [-0.1, -0.05) is 48.3 Å². The smallest absolute Gasteiger partial charge is 0.211 e. The first-order chi connectivity index (χ1) is 8.49. The molecular weight excluding hydrogens is 314 g/mol. The third-order valence-electron chi connectivity index (χ3n) is 2.66. The van der Waals surface area contributed by atoms with Gasteiger partial charge in [-0.25, -0.2) is 13.1 Å². The maximum Gasteiger partial charge on any atom is 0.240 e. The zero-order valence-electron chi connectivity index (χ0n) is 10.8. The van der Waals surface area contributed by atoms with Gasteiger partial charge >= 0.3 is 0 Å². The molecule has 0 radical (unpaired) electrons. The lowest BCUT2D eigenvalue weighted by Gasteiger charge is -2.10. The van der Waals surface area contributed by atoms with Gasteiger partial charge in [0.1, 0.15) is 0 Å². The Bertz CT molecular complexity index is 456. The van der Waals surface area contributed by atoms with Gasteiger partial charge in [0.05, 0.1) is 4.90 Å². The molecular formula is C13H20BrNO2S. The molecule has 102 valence electrons. The molecule has 1 rings (SSSR count). The molecule has 0 fully saturated rings. The molecule has 0 amide bonds. The van der Waals surface area contributed by atoms with Gasteiger partial charge in [0.2, 0.25) is 10.0 Å². The lowest BCUT2D eigenvalue weighted by Crippen LogP contribution is -2.28. The number of alkyl halides is 1. The summed E-state index contributed by atoms with van der Waals surface area (Å²) in [7, 11) is -3.37. The highest BCUT2D eigenvalue weighted by molar-refractivity contribution is 9.09. The van der Waals surface area contributed by atoms with E-state index in [2.05, 4.69) is 27.6 Å². The van der Waals surface area contributed by atoms with Gasteiger partial charge in [-0.05, 0) is 30.0 Å². The van der Waals surface area contributed by atoms with Gasteiger partial charge in [0.25, 0.3) is 0 Å². The summed E-state index contributed by atoms with van der Waals surface area (Å²) in [5, 5.41) is 0.783. The van der Waals surface area contributed by atoms with Crippen LogP contribution < -0.4 is 4.72 Å². The maximum absolute atomic E-state index is 12.0. The zero-order chi connectivity index (χ0) is 13.6. The van der Waals surface area contributed by atoms with E-state index < -0.39 is 10.0 Å². The fraction of sp³-hybridized carbons (Fsp3) is 0.538. The first-order valence-corrected chi connectivity index (χ1v) is 8.74. The average Bonchev–Trinajstić information content (AvgIpc) is 2.37. The molecule has 1 aromatic carbocycles. The summed E-state index contributed by atoms with van der Waals surface area (Å²) >= 11 is 3.33. The number of rotatable bonds is 7. The number of hydrogen-bond donors (Lipinski definition) is 1. The van der Waals surface area contributed by atoms with Crippen LogP contribution in [0.3, 0.4) is 0 Å². The molecule has 0 bridgehead atoms. The second kappa shape index (κ2) is 7.26. The van der Waals surface area contributed by atoms with E-state index in [-0.39, 0.29) is 5.92 Å². The normalized spacial score (nSPS) is 13.5. The van der Waals surface area contributed by atoms with Gasteiger partial charge in [-0.15, -0.1) is 0 Å². The Morgan fingerprint density at radius 1 is 1.28 bits per heavy atom. The van der Waals surface area contributed by atoms with Crippen molar-refractivity contribution in [2.24, 2.45) is 5.92 Å². The van der Waals surface area contributed by atoms with Crippen molar-refractivity contribution in [3.63, 3.8) is 0 Å². The first-order valence-electron chi connectivity index (χ1n) is 6.14. The number of nitrogens with one attached hydrogen (secondary N) is 1. The number of halogens is 1. The highest BCUT2D eigenvalue weighted by Crippen LogP contribution is 2.12. The molecule has 0 spiro atoms. The third-order valence-corrected chi connectivity index (χ3v) is 5.20. The lowest BCUT2D eigenvalue weighted by molar-refractivity contribution is 0.563. The lowest BCUT2D eigenvalue weighted by atomic mass is 10.1. The second-order valence-electron chi connectivity index (χ2n) is 4.51. The highest BCUT2D eigenvalue weighted by atomic mass is 79.9. The number of aryl methyl sites for hydroxylation is 1. The summed E-state index contributed by atoms with van der Waals surface area (Å²) in [6.07, 6.45) is 2.04. The molecule has 1 aromatic rings. The summed E-state index contributed by atoms with van der Waals surface area (Å²) < 4.78 is 26.6. The molecule has 1 unspecified atom stereocenters. The van der Waals surface area contributed by atoms with E-state index in [4.69, 9.17) is 0 Å². The van der Waals surface area contributed by atoms with Crippen LogP contribution in [-0.2, 0) is 16.4 Å². The SMILES string of the molecule is CCCc1ccc(S(=O)(=O)NCC(C)CBr)cc1. The minimum Gasteiger partial charge on any atom is -0.211 e. The predicted octanol–water partition coefficient (Wildman–Crippen LogP) is 2.95. The van der Waals surface area contributed by atoms with Crippen molar-refractivity contribution in [3.8, 4) is 0 Å². The van der Waals surface area contributed by atoms with Crippen molar-refractivity contribution in [3.05, 3.63) is 29.8 Å². The molecule has 0 aliphatic heterocycles. The van der Waals surface area contributed by atoms with E-state index in [9.17, 15) is 8.42 Å². The number of benzene rings is 1. The predicted molar refractivity (Wildman–Crippen MR) is 78.6 cm³/mol. The number of sulfonamides is 1. The monoisotopic (exact) mass is 333 g/mol. The van der Waals surface area contributed by atoms with Crippen molar-refractivity contribution in [1.29, 1.82) is 0 Å². The summed E-state index contributed by atoms with van der Waals surface area (Å²) in [5.74, 6) is 0.277. The Kier molecular flexibility index (Phi) is 6.32. The molecule has 1 atom stereocenters. The van der Waals surface area contributed by atoms with Gasteiger partial charge in [-0.3, -0.25) is 0 Å². The van der Waals surface area contributed by atoms with Gasteiger partial charge in [-0.2, -0.15) is 0 Å². The van der Waals surface area contributed by atoms with Crippen molar-refractivity contribution in [2.45, 2.75) is 31.6 Å². The summed E-state index contributed by atoms with van der Waals surface area (Å²) in [5.41, 5.74) is 1.17. The Balaban J connectivity index is 2.72. The van der Waals surface area contributed by atoms with Crippen molar-refractivity contribution >= 4 is 26.0 Å². The minimum atomic E-state index is -3.37. The van der Waals surface area contributed by atoms with Crippen LogP contribution in [0.5, 0.6) is 0 Å². The van der Waals surface area contributed by atoms with Crippen LogP contribution in [-0.4, -0.2) is 20.3 Å². The molecule has 1 N–H and O–H groups in total. The van der Waals surface area contributed by atoms with Crippen LogP contribution in [0.4, 0.5) is 0 Å². The second-order valence-corrected chi connectivity index (χ2v) is 6.92. The molecule has 0 aliphatic carbocycles. The quantitative estimate of drug-likeness (QED) is 0.780. The average molecular weight is 334 g/mol. The Hall–Kier alpha value is -0.390. The minimum absolute atomic E-state index is 0.277. The highest BCUT2D eigenvalue weighted by Gasteiger charge is 2.14. The Morgan fingerprint density at radius 3 is 2.39 bits per heavy atom. The Labute approximate surface area is 118 Å². The molecule has 5 heteroatoms. The van der Waals surface area contributed by atoms with Crippen molar-refractivity contribution in [2.75, 3.05) is 11.9 Å². The van der Waals surface area contributed by atoms with E-state index in [1.807, 2.05) is 19.1 Å². The number of hydrogen-bond acceptors (Lipinski definition) is 2. The van der Waals surface area contributed by atoms with Gasteiger partial charge in [0, 0.05) is 11.9 Å². The molecule has 0 saturated heterocycles. The standard InChI is InChI=1S/C13H20BrNO2S/c1-3-4-12-5-7-13(8-6-12)18(16,17)15-10-11(2)9-14/h5-8,11,15H,3-4,9-10H2,1-2H3. The third kappa shape index (κ3) is 4.71. The fourth-order valence-electron chi connectivity index (χ4n) is 1.51. The van der Waals surface area contributed by atoms with Crippen molar-refractivity contribution < 1.29 is 8.42 Å². The van der Waals surface area contributed by atoms with Crippen LogP contribution >= 0.6 is 15.9 Å². The van der Waals surface area contributed by atoms with Crippen LogP contribution in [0.25, 0.3) is 0 Å².